The van der Waals surface area contributed by atoms with Crippen LogP contribution >= 0.6 is 0 Å². The number of benzene rings is 2. The van der Waals surface area contributed by atoms with Gasteiger partial charge in [-0.2, -0.15) is 0 Å². The number of fused-ring (bicyclic) bond motifs is 2. The van der Waals surface area contributed by atoms with Gasteiger partial charge in [0.15, 0.2) is 11.5 Å². The fourth-order valence-corrected chi connectivity index (χ4v) is 3.15. The Kier molecular flexibility index (Phi) is 3.80. The summed E-state index contributed by atoms with van der Waals surface area (Å²) in [5.41, 5.74) is 3.44. The number of nitrogens with zero attached hydrogens (tertiary/aromatic N) is 1. The summed E-state index contributed by atoms with van der Waals surface area (Å²) in [7, 11) is 1.77. The molecule has 2 aromatic rings. The number of anilines is 2. The van der Waals surface area contributed by atoms with E-state index in [4.69, 9.17) is 9.47 Å². The zero-order valence-corrected chi connectivity index (χ0v) is 13.9. The molecule has 0 bridgehead atoms. The van der Waals surface area contributed by atoms with Gasteiger partial charge in [0.05, 0.1) is 12.8 Å². The first-order chi connectivity index (χ1) is 12.1. The number of amides is 2. The molecule has 4 rings (SSSR count). The average Bonchev–Trinajstić information content (AvgIpc) is 2.88. The highest BCUT2D eigenvalue weighted by Crippen LogP contribution is 2.33. The Morgan fingerprint density at radius 1 is 1.12 bits per heavy atom. The molecule has 2 aliphatic rings. The van der Waals surface area contributed by atoms with Crippen LogP contribution in [0.4, 0.5) is 11.4 Å². The SMILES string of the molecule is CN1C(=O)Cc2cc(CC(=O)Nc3ccc4c(c3)OCCO4)ccc21. The summed E-state index contributed by atoms with van der Waals surface area (Å²) in [5.74, 6) is 1.29. The smallest absolute Gasteiger partial charge is 0.231 e. The van der Waals surface area contributed by atoms with Gasteiger partial charge in [0.1, 0.15) is 13.2 Å². The van der Waals surface area contributed by atoms with E-state index >= 15 is 0 Å². The number of ether oxygens (including phenoxy) is 2. The third-order valence-corrected chi connectivity index (χ3v) is 4.41. The van der Waals surface area contributed by atoms with Crippen molar-refractivity contribution in [2.75, 3.05) is 30.5 Å². The molecule has 128 valence electrons. The first kappa shape index (κ1) is 15.5. The van der Waals surface area contributed by atoms with Gasteiger partial charge in [-0.25, -0.2) is 0 Å². The van der Waals surface area contributed by atoms with Crippen LogP contribution in [0.25, 0.3) is 0 Å². The van der Waals surface area contributed by atoms with Gasteiger partial charge in [-0.05, 0) is 29.3 Å². The molecule has 2 aliphatic heterocycles. The molecular formula is C19H18N2O4. The molecule has 0 aromatic heterocycles. The van der Waals surface area contributed by atoms with E-state index in [1.54, 1.807) is 30.1 Å². The predicted octanol–water partition coefficient (Wildman–Crippen LogP) is 2.16. The maximum absolute atomic E-state index is 12.3. The molecular weight excluding hydrogens is 320 g/mol. The van der Waals surface area contributed by atoms with Gasteiger partial charge in [-0.3, -0.25) is 9.59 Å². The summed E-state index contributed by atoms with van der Waals surface area (Å²) >= 11 is 0. The van der Waals surface area contributed by atoms with E-state index in [-0.39, 0.29) is 18.2 Å². The Bertz CT molecular complexity index is 862. The number of likely N-dealkylation sites (N-methyl/N-ethyl adjacent to an activating group) is 1. The molecule has 2 heterocycles. The fourth-order valence-electron chi connectivity index (χ4n) is 3.15. The molecule has 0 spiro atoms. The molecule has 2 amide bonds. The maximum Gasteiger partial charge on any atom is 0.231 e. The standard InChI is InChI=1S/C19H18N2O4/c1-21-15-4-2-12(8-13(15)10-19(21)23)9-18(22)20-14-3-5-16-17(11-14)25-7-6-24-16/h2-5,8,11H,6-7,9-10H2,1H3,(H,20,22). The highest BCUT2D eigenvalue weighted by atomic mass is 16.6. The van der Waals surface area contributed by atoms with Gasteiger partial charge in [0.25, 0.3) is 0 Å². The lowest BCUT2D eigenvalue weighted by atomic mass is 10.1. The van der Waals surface area contributed by atoms with Gasteiger partial charge in [-0.15, -0.1) is 0 Å². The normalized spacial score (nSPS) is 15.1. The van der Waals surface area contributed by atoms with Crippen LogP contribution in [0.5, 0.6) is 11.5 Å². The fraction of sp³-hybridized carbons (Fsp3) is 0.263. The molecule has 0 saturated heterocycles. The Labute approximate surface area is 145 Å². The first-order valence-electron chi connectivity index (χ1n) is 8.18. The van der Waals surface area contributed by atoms with Crippen LogP contribution < -0.4 is 19.7 Å². The molecule has 0 aliphatic carbocycles. The number of nitrogens with one attached hydrogen (secondary N) is 1. The van der Waals surface area contributed by atoms with Crippen molar-refractivity contribution in [3.8, 4) is 11.5 Å². The molecule has 0 saturated carbocycles. The second kappa shape index (κ2) is 6.12. The molecule has 6 nitrogen and oxygen atoms in total. The maximum atomic E-state index is 12.3. The Morgan fingerprint density at radius 3 is 2.76 bits per heavy atom. The van der Waals surface area contributed by atoms with Crippen molar-refractivity contribution < 1.29 is 19.1 Å². The monoisotopic (exact) mass is 338 g/mol. The largest absolute Gasteiger partial charge is 0.486 e. The minimum atomic E-state index is -0.116. The van der Waals surface area contributed by atoms with Crippen molar-refractivity contribution in [2.45, 2.75) is 12.8 Å². The molecule has 0 radical (unpaired) electrons. The summed E-state index contributed by atoms with van der Waals surface area (Å²) in [6.07, 6.45) is 0.642. The quantitative estimate of drug-likeness (QED) is 0.931. The van der Waals surface area contributed by atoms with Crippen molar-refractivity contribution in [2.24, 2.45) is 0 Å². The number of carbonyl (C=O) groups excluding carboxylic acids is 2. The molecule has 0 unspecified atom stereocenters. The highest BCUT2D eigenvalue weighted by Gasteiger charge is 2.24. The summed E-state index contributed by atoms with van der Waals surface area (Å²) in [4.78, 5) is 25.7. The van der Waals surface area contributed by atoms with E-state index in [9.17, 15) is 9.59 Å². The van der Waals surface area contributed by atoms with Crippen molar-refractivity contribution in [1.82, 2.24) is 0 Å². The van der Waals surface area contributed by atoms with E-state index in [1.807, 2.05) is 18.2 Å². The third-order valence-electron chi connectivity index (χ3n) is 4.41. The van der Waals surface area contributed by atoms with Crippen LogP contribution in [0.1, 0.15) is 11.1 Å². The van der Waals surface area contributed by atoms with E-state index in [1.165, 1.54) is 0 Å². The van der Waals surface area contributed by atoms with Gasteiger partial charge in [-0.1, -0.05) is 12.1 Å². The lowest BCUT2D eigenvalue weighted by molar-refractivity contribution is -0.117. The van der Waals surface area contributed by atoms with E-state index in [0.29, 0.717) is 36.8 Å². The lowest BCUT2D eigenvalue weighted by Crippen LogP contribution is -2.20. The molecule has 0 fully saturated rings. The second-order valence-electron chi connectivity index (χ2n) is 6.18. The number of hydrogen-bond acceptors (Lipinski definition) is 4. The number of carbonyl (C=O) groups is 2. The summed E-state index contributed by atoms with van der Waals surface area (Å²) in [6.45, 7) is 1.04. The molecule has 0 atom stereocenters. The Hall–Kier alpha value is -3.02. The van der Waals surface area contributed by atoms with Crippen LogP contribution in [-0.4, -0.2) is 32.1 Å². The van der Waals surface area contributed by atoms with Crippen LogP contribution in [0, 0.1) is 0 Å². The second-order valence-corrected chi connectivity index (χ2v) is 6.18. The van der Waals surface area contributed by atoms with Crippen LogP contribution in [0.2, 0.25) is 0 Å². The van der Waals surface area contributed by atoms with Gasteiger partial charge >= 0.3 is 0 Å². The minimum absolute atomic E-state index is 0.0767. The predicted molar refractivity (Wildman–Crippen MR) is 93.3 cm³/mol. The van der Waals surface area contributed by atoms with Gasteiger partial charge < -0.3 is 19.7 Å². The van der Waals surface area contributed by atoms with Crippen molar-refractivity contribution >= 4 is 23.2 Å². The van der Waals surface area contributed by atoms with Crippen LogP contribution in [0.3, 0.4) is 0 Å². The van der Waals surface area contributed by atoms with E-state index in [0.717, 1.165) is 16.8 Å². The molecule has 1 N–H and O–H groups in total. The molecule has 25 heavy (non-hydrogen) atoms. The van der Waals surface area contributed by atoms with Crippen molar-refractivity contribution in [3.05, 3.63) is 47.5 Å². The molecule has 2 aromatic carbocycles. The minimum Gasteiger partial charge on any atom is -0.486 e. The highest BCUT2D eigenvalue weighted by molar-refractivity contribution is 6.01. The third kappa shape index (κ3) is 3.03. The number of rotatable bonds is 3. The van der Waals surface area contributed by atoms with Crippen LogP contribution in [0.15, 0.2) is 36.4 Å². The zero-order valence-electron chi connectivity index (χ0n) is 13.9. The average molecular weight is 338 g/mol. The Morgan fingerprint density at radius 2 is 1.92 bits per heavy atom. The van der Waals surface area contributed by atoms with Crippen molar-refractivity contribution in [3.63, 3.8) is 0 Å². The zero-order chi connectivity index (χ0) is 17.4. The molecule has 6 heteroatoms. The topological polar surface area (TPSA) is 67.9 Å². The summed E-state index contributed by atoms with van der Waals surface area (Å²) < 4.78 is 11.0. The Balaban J connectivity index is 1.44. The number of hydrogen-bond donors (Lipinski definition) is 1. The van der Waals surface area contributed by atoms with Crippen LogP contribution in [-0.2, 0) is 22.4 Å². The van der Waals surface area contributed by atoms with Crippen molar-refractivity contribution in [1.29, 1.82) is 0 Å². The summed E-state index contributed by atoms with van der Waals surface area (Å²) in [5, 5.41) is 2.87. The van der Waals surface area contributed by atoms with Gasteiger partial charge in [0.2, 0.25) is 11.8 Å². The van der Waals surface area contributed by atoms with E-state index in [2.05, 4.69) is 5.32 Å². The van der Waals surface area contributed by atoms with E-state index < -0.39 is 0 Å². The summed E-state index contributed by atoms with van der Waals surface area (Å²) in [6, 6.07) is 11.1. The first-order valence-corrected chi connectivity index (χ1v) is 8.18. The van der Waals surface area contributed by atoms with Gasteiger partial charge in [0, 0.05) is 24.5 Å². The lowest BCUT2D eigenvalue weighted by Gasteiger charge is -2.19.